The standard InChI is InChI=1S/C14H12N2O4.2C7H6S/c1-7-3-11(15-5-9(7)13(17)18)12-4-8(2)10(6-16-12)14(19)20;2*1-3-7-5-4-6(2)8-7/h3-6H,1-2H3,(H,17,18)(H,19,20);2*1,4-5H,2H3. The quantitative estimate of drug-likeness (QED) is 0.313. The fourth-order valence-electron chi connectivity index (χ4n) is 2.86. The molecule has 36 heavy (non-hydrogen) atoms. The SMILES string of the molecule is C#Cc1ccc(C)s1.C#Cc1ccc(C)s1.Cc1cc(-c2cc(C)c(C(=O)O)cn2)ncc1C(=O)O. The third-order valence-corrected chi connectivity index (χ3v) is 6.57. The number of nitrogens with zero attached hydrogens (tertiary/aromatic N) is 2. The van der Waals surface area contributed by atoms with Gasteiger partial charge in [0.1, 0.15) is 0 Å². The molecule has 0 bridgehead atoms. The molecule has 8 heteroatoms. The van der Waals surface area contributed by atoms with Gasteiger partial charge in [0.2, 0.25) is 0 Å². The first kappa shape index (κ1) is 28.0. The van der Waals surface area contributed by atoms with E-state index in [1.807, 2.05) is 38.1 Å². The van der Waals surface area contributed by atoms with Crippen molar-refractivity contribution >= 4 is 34.6 Å². The van der Waals surface area contributed by atoms with Crippen molar-refractivity contribution in [1.29, 1.82) is 0 Å². The van der Waals surface area contributed by atoms with Crippen LogP contribution in [0.25, 0.3) is 11.4 Å². The molecule has 4 aromatic rings. The van der Waals surface area contributed by atoms with Gasteiger partial charge >= 0.3 is 11.9 Å². The Bertz CT molecular complexity index is 1360. The Morgan fingerprint density at radius 2 is 1.08 bits per heavy atom. The lowest BCUT2D eigenvalue weighted by Crippen LogP contribution is -2.03. The fourth-order valence-corrected chi connectivity index (χ4v) is 4.22. The molecule has 0 fully saturated rings. The second-order valence-electron chi connectivity index (χ2n) is 7.49. The van der Waals surface area contributed by atoms with Crippen LogP contribution in [0.2, 0.25) is 0 Å². The Balaban J connectivity index is 0.000000232. The maximum absolute atomic E-state index is 10.9. The third-order valence-electron chi connectivity index (χ3n) is 4.71. The van der Waals surface area contributed by atoms with Crippen molar-refractivity contribution in [3.05, 3.63) is 90.6 Å². The molecule has 0 radical (unpaired) electrons. The summed E-state index contributed by atoms with van der Waals surface area (Å²) in [7, 11) is 0. The van der Waals surface area contributed by atoms with E-state index in [0.29, 0.717) is 22.5 Å². The van der Waals surface area contributed by atoms with Crippen molar-refractivity contribution in [1.82, 2.24) is 9.97 Å². The van der Waals surface area contributed by atoms with Gasteiger partial charge in [-0.05, 0) is 75.2 Å². The van der Waals surface area contributed by atoms with Gasteiger partial charge in [0.05, 0.1) is 32.3 Å². The largest absolute Gasteiger partial charge is 0.478 e. The van der Waals surface area contributed by atoms with Crippen LogP contribution in [0.3, 0.4) is 0 Å². The van der Waals surface area contributed by atoms with Crippen LogP contribution >= 0.6 is 22.7 Å². The lowest BCUT2D eigenvalue weighted by atomic mass is 10.1. The Labute approximate surface area is 218 Å². The summed E-state index contributed by atoms with van der Waals surface area (Å²) < 4.78 is 0. The van der Waals surface area contributed by atoms with Gasteiger partial charge in [0.15, 0.2) is 0 Å². The van der Waals surface area contributed by atoms with Crippen LogP contribution in [0.15, 0.2) is 48.8 Å². The molecule has 0 aromatic carbocycles. The van der Waals surface area contributed by atoms with Crippen molar-refractivity contribution in [2.75, 3.05) is 0 Å². The minimum absolute atomic E-state index is 0.132. The zero-order valence-corrected chi connectivity index (χ0v) is 21.8. The second-order valence-corrected chi connectivity index (χ2v) is 10.1. The summed E-state index contributed by atoms with van der Waals surface area (Å²) in [5.41, 5.74) is 2.42. The van der Waals surface area contributed by atoms with Gasteiger partial charge in [0, 0.05) is 22.1 Å². The van der Waals surface area contributed by atoms with Crippen LogP contribution in [0.4, 0.5) is 0 Å². The molecule has 182 valence electrons. The van der Waals surface area contributed by atoms with Gasteiger partial charge in [-0.1, -0.05) is 11.8 Å². The molecule has 4 heterocycles. The van der Waals surface area contributed by atoms with Crippen LogP contribution in [-0.2, 0) is 0 Å². The van der Waals surface area contributed by atoms with E-state index in [2.05, 4.69) is 21.8 Å². The minimum atomic E-state index is -1.04. The highest BCUT2D eigenvalue weighted by molar-refractivity contribution is 7.12. The van der Waals surface area contributed by atoms with Gasteiger partial charge in [-0.15, -0.1) is 35.5 Å². The molecular weight excluding hydrogens is 492 g/mol. The van der Waals surface area contributed by atoms with Gasteiger partial charge in [-0.2, -0.15) is 0 Å². The number of rotatable bonds is 3. The number of carboxylic acids is 2. The number of aryl methyl sites for hydroxylation is 4. The van der Waals surface area contributed by atoms with Crippen LogP contribution < -0.4 is 0 Å². The van der Waals surface area contributed by atoms with Gasteiger partial charge in [-0.25, -0.2) is 9.59 Å². The van der Waals surface area contributed by atoms with Gasteiger partial charge < -0.3 is 10.2 Å². The maximum Gasteiger partial charge on any atom is 0.337 e. The Morgan fingerprint density at radius 3 is 1.28 bits per heavy atom. The normalized spacial score (nSPS) is 9.50. The summed E-state index contributed by atoms with van der Waals surface area (Å²) in [5, 5.41) is 17.9. The predicted molar refractivity (Wildman–Crippen MR) is 145 cm³/mol. The highest BCUT2D eigenvalue weighted by atomic mass is 32.1. The number of aromatic nitrogens is 2. The summed E-state index contributed by atoms with van der Waals surface area (Å²) in [4.78, 5) is 34.5. The summed E-state index contributed by atoms with van der Waals surface area (Å²) >= 11 is 3.30. The summed E-state index contributed by atoms with van der Waals surface area (Å²) in [6.07, 6.45) is 12.8. The number of terminal acetylenes is 2. The number of thiophene rings is 2. The topological polar surface area (TPSA) is 100 Å². The van der Waals surface area contributed by atoms with Crippen LogP contribution in [0.5, 0.6) is 0 Å². The van der Waals surface area contributed by atoms with E-state index in [-0.39, 0.29) is 11.1 Å². The Hall–Kier alpha value is -4.24. The first-order valence-electron chi connectivity index (χ1n) is 10.5. The molecule has 0 atom stereocenters. The second kappa shape index (κ2) is 13.0. The highest BCUT2D eigenvalue weighted by Gasteiger charge is 2.13. The third kappa shape index (κ3) is 7.92. The van der Waals surface area contributed by atoms with Crippen molar-refractivity contribution < 1.29 is 19.8 Å². The first-order valence-corrected chi connectivity index (χ1v) is 12.1. The zero-order valence-electron chi connectivity index (χ0n) is 20.2. The molecule has 4 aromatic heterocycles. The van der Waals surface area contributed by atoms with Crippen molar-refractivity contribution in [3.8, 4) is 36.1 Å². The summed E-state index contributed by atoms with van der Waals surface area (Å²) in [6, 6.07) is 11.2. The number of hydrogen-bond donors (Lipinski definition) is 2. The molecule has 6 nitrogen and oxygen atoms in total. The molecule has 0 unspecified atom stereocenters. The predicted octanol–water partition coefficient (Wildman–Crippen LogP) is 6.23. The van der Waals surface area contributed by atoms with Crippen LogP contribution in [0.1, 0.15) is 51.4 Å². The Morgan fingerprint density at radius 1 is 0.722 bits per heavy atom. The molecular formula is C28H24N2O4S2. The molecule has 4 rings (SSSR count). The lowest BCUT2D eigenvalue weighted by Gasteiger charge is -2.06. The first-order chi connectivity index (χ1) is 17.0. The average molecular weight is 517 g/mol. The fraction of sp³-hybridized carbons (Fsp3) is 0.143. The number of carbonyl (C=O) groups is 2. The van der Waals surface area contributed by atoms with E-state index in [1.165, 1.54) is 22.1 Å². The molecule has 0 aliphatic heterocycles. The van der Waals surface area contributed by atoms with E-state index >= 15 is 0 Å². The molecule has 0 spiro atoms. The van der Waals surface area contributed by atoms with Gasteiger partial charge in [-0.3, -0.25) is 9.97 Å². The maximum atomic E-state index is 10.9. The lowest BCUT2D eigenvalue weighted by molar-refractivity contribution is 0.0684. The molecule has 0 aliphatic rings. The number of pyridine rings is 2. The van der Waals surface area contributed by atoms with Crippen LogP contribution in [-0.4, -0.2) is 32.1 Å². The number of hydrogen-bond acceptors (Lipinski definition) is 6. The molecule has 0 aliphatic carbocycles. The number of carboxylic acid groups (broad SMARTS) is 2. The average Bonchev–Trinajstić information content (AvgIpc) is 3.46. The van der Waals surface area contributed by atoms with E-state index in [1.54, 1.807) is 48.7 Å². The van der Waals surface area contributed by atoms with Gasteiger partial charge in [0.25, 0.3) is 0 Å². The summed E-state index contributed by atoms with van der Waals surface area (Å²) in [5.74, 6) is 3.06. The molecule has 0 saturated heterocycles. The van der Waals surface area contributed by atoms with E-state index < -0.39 is 11.9 Å². The van der Waals surface area contributed by atoms with Crippen LogP contribution in [0, 0.1) is 52.4 Å². The molecule has 2 N–H and O–H groups in total. The Kier molecular flexibility index (Phi) is 10.1. The minimum Gasteiger partial charge on any atom is -0.478 e. The smallest absolute Gasteiger partial charge is 0.337 e. The highest BCUT2D eigenvalue weighted by Crippen LogP contribution is 2.20. The summed E-state index contributed by atoms with van der Waals surface area (Å²) in [6.45, 7) is 7.44. The zero-order chi connectivity index (χ0) is 26.8. The van der Waals surface area contributed by atoms with E-state index in [0.717, 1.165) is 9.75 Å². The number of aromatic carboxylic acids is 2. The van der Waals surface area contributed by atoms with E-state index in [9.17, 15) is 9.59 Å². The van der Waals surface area contributed by atoms with Crippen molar-refractivity contribution in [2.45, 2.75) is 27.7 Å². The molecule has 0 saturated carbocycles. The van der Waals surface area contributed by atoms with E-state index in [4.69, 9.17) is 23.1 Å². The monoisotopic (exact) mass is 516 g/mol. The van der Waals surface area contributed by atoms with Crippen molar-refractivity contribution in [2.24, 2.45) is 0 Å². The molecule has 0 amide bonds. The van der Waals surface area contributed by atoms with Crippen molar-refractivity contribution in [3.63, 3.8) is 0 Å².